The van der Waals surface area contributed by atoms with Gasteiger partial charge in [0.15, 0.2) is 0 Å². The SMILES string of the molecule is P.c1ccpnc1. The van der Waals surface area contributed by atoms with Crippen molar-refractivity contribution in [2.24, 2.45) is 0 Å². The predicted octanol–water partition coefficient (Wildman–Crippen LogP) is 1.72. The van der Waals surface area contributed by atoms with Gasteiger partial charge < -0.3 is 0 Å². The zero-order valence-corrected chi connectivity index (χ0v) is 6.22. The molecule has 1 nitrogen and oxygen atoms in total. The molecule has 1 unspecified atom stereocenters. The number of rotatable bonds is 0. The van der Waals surface area contributed by atoms with Crippen LogP contribution in [0.15, 0.2) is 24.1 Å². The number of nitrogens with zero attached hydrogens (tertiary/aromatic N) is 1. The Bertz CT molecular complexity index is 81.6. The van der Waals surface area contributed by atoms with Gasteiger partial charge in [-0.05, 0) is 11.9 Å². The molecule has 0 saturated heterocycles. The predicted molar refractivity (Wildman–Crippen MR) is 37.9 cm³/mol. The van der Waals surface area contributed by atoms with E-state index in [0.717, 1.165) is 8.35 Å². The first kappa shape index (κ1) is 7.01. The molecule has 1 aromatic heterocycles. The van der Waals surface area contributed by atoms with Crippen LogP contribution in [0.4, 0.5) is 0 Å². The normalized spacial score (nSPS) is 8.00. The summed E-state index contributed by atoms with van der Waals surface area (Å²) in [6, 6.07) is 3.89. The van der Waals surface area contributed by atoms with Crippen LogP contribution in [0.1, 0.15) is 0 Å². The fourth-order valence-corrected chi connectivity index (χ4v) is 0.661. The van der Waals surface area contributed by atoms with Crippen molar-refractivity contribution in [3.05, 3.63) is 24.1 Å². The highest BCUT2D eigenvalue weighted by Crippen LogP contribution is 1.91. The maximum atomic E-state index is 3.88. The van der Waals surface area contributed by atoms with E-state index in [-0.39, 0.29) is 9.90 Å². The van der Waals surface area contributed by atoms with Gasteiger partial charge in [-0.3, -0.25) is 0 Å². The Morgan fingerprint density at radius 3 is 2.29 bits per heavy atom. The van der Waals surface area contributed by atoms with Crippen LogP contribution in [0.2, 0.25) is 0 Å². The highest BCUT2D eigenvalue weighted by atomic mass is 31.0. The van der Waals surface area contributed by atoms with Gasteiger partial charge in [0.05, 0.1) is 0 Å². The van der Waals surface area contributed by atoms with Gasteiger partial charge in [0, 0.05) is 14.5 Å². The molecule has 7 heavy (non-hydrogen) atoms. The molecule has 0 radical (unpaired) electrons. The van der Waals surface area contributed by atoms with Crippen LogP contribution >= 0.6 is 18.3 Å². The second kappa shape index (κ2) is 4.18. The largest absolute Gasteiger partial charge is 0.236 e. The van der Waals surface area contributed by atoms with Gasteiger partial charge >= 0.3 is 0 Å². The van der Waals surface area contributed by atoms with E-state index in [0.29, 0.717) is 0 Å². The zero-order valence-electron chi connectivity index (χ0n) is 3.91. The Hall–Kier alpha value is 0.01000. The smallest absolute Gasteiger partial charge is 0.0372 e. The summed E-state index contributed by atoms with van der Waals surface area (Å²) in [6.07, 6.45) is 1.79. The van der Waals surface area contributed by atoms with Crippen LogP contribution in [0.5, 0.6) is 0 Å². The number of aromatic nitrogens is 1. The molecule has 0 aliphatic rings. The van der Waals surface area contributed by atoms with Crippen molar-refractivity contribution in [2.75, 3.05) is 0 Å². The van der Waals surface area contributed by atoms with E-state index in [2.05, 4.69) is 4.75 Å². The lowest BCUT2D eigenvalue weighted by Crippen LogP contribution is -1.49. The molecule has 0 aliphatic heterocycles. The summed E-state index contributed by atoms with van der Waals surface area (Å²) < 4.78 is 3.88. The van der Waals surface area contributed by atoms with Crippen molar-refractivity contribution in [2.45, 2.75) is 0 Å². The van der Waals surface area contributed by atoms with E-state index >= 15 is 0 Å². The Balaban J connectivity index is 0.000000360. The van der Waals surface area contributed by atoms with E-state index in [1.165, 1.54) is 0 Å². The van der Waals surface area contributed by atoms with Crippen LogP contribution in [0.25, 0.3) is 0 Å². The summed E-state index contributed by atoms with van der Waals surface area (Å²) in [5.41, 5.74) is 0. The lowest BCUT2D eigenvalue weighted by molar-refractivity contribution is 1.54. The van der Waals surface area contributed by atoms with Crippen molar-refractivity contribution in [1.29, 1.82) is 0 Å². The standard InChI is InChI=1S/C4H4NP.H3P/c1-2-4-6-5-3-1;/h1-4H;1H3. The molecular formula is C4H7NP2. The van der Waals surface area contributed by atoms with Crippen molar-refractivity contribution < 1.29 is 0 Å². The Labute approximate surface area is 48.0 Å². The molecule has 0 spiro atoms. The molecular weight excluding hydrogens is 124 g/mol. The van der Waals surface area contributed by atoms with Gasteiger partial charge in [-0.25, -0.2) is 4.75 Å². The molecule has 0 fully saturated rings. The molecule has 1 atom stereocenters. The maximum Gasteiger partial charge on any atom is 0.0372 e. The van der Waals surface area contributed by atoms with Crippen LogP contribution in [-0.2, 0) is 0 Å². The summed E-state index contributed by atoms with van der Waals surface area (Å²) in [5, 5.41) is 0. The molecule has 1 rings (SSSR count). The summed E-state index contributed by atoms with van der Waals surface area (Å²) >= 11 is 0. The molecule has 3 heteroatoms. The van der Waals surface area contributed by atoms with E-state index in [9.17, 15) is 0 Å². The molecule has 38 valence electrons. The van der Waals surface area contributed by atoms with Crippen molar-refractivity contribution in [3.8, 4) is 0 Å². The lowest BCUT2D eigenvalue weighted by Gasteiger charge is -1.68. The highest BCUT2D eigenvalue weighted by molar-refractivity contribution is 7.24. The second-order valence-corrected chi connectivity index (χ2v) is 1.67. The fraction of sp³-hybridized carbons (Fsp3) is 0. The molecule has 0 aliphatic carbocycles. The summed E-state index contributed by atoms with van der Waals surface area (Å²) in [5.74, 6) is 1.99. The third-order valence-corrected chi connectivity index (χ3v) is 1.06. The summed E-state index contributed by atoms with van der Waals surface area (Å²) in [4.78, 5) is 0. The first-order chi connectivity index (χ1) is 3.00. The minimum atomic E-state index is 0. The zero-order chi connectivity index (χ0) is 4.24. The highest BCUT2D eigenvalue weighted by Gasteiger charge is 1.59. The minimum Gasteiger partial charge on any atom is -0.236 e. The molecule has 0 bridgehead atoms. The average molecular weight is 131 g/mol. The summed E-state index contributed by atoms with van der Waals surface area (Å²) in [7, 11) is 1.06. The molecule has 0 N–H and O–H groups in total. The van der Waals surface area contributed by atoms with Gasteiger partial charge in [-0.2, -0.15) is 9.90 Å². The van der Waals surface area contributed by atoms with E-state index < -0.39 is 0 Å². The van der Waals surface area contributed by atoms with Crippen molar-refractivity contribution in [1.82, 2.24) is 4.75 Å². The average Bonchev–Trinajstić information content (AvgIpc) is 1.72. The second-order valence-electron chi connectivity index (χ2n) is 0.914. The third kappa shape index (κ3) is 2.68. The van der Waals surface area contributed by atoms with Crippen molar-refractivity contribution in [3.63, 3.8) is 0 Å². The molecule has 0 saturated carbocycles. The van der Waals surface area contributed by atoms with E-state index in [1.807, 2.05) is 17.9 Å². The summed E-state index contributed by atoms with van der Waals surface area (Å²) in [6.45, 7) is 0. The van der Waals surface area contributed by atoms with Crippen LogP contribution in [-0.4, -0.2) is 4.75 Å². The Morgan fingerprint density at radius 1 is 1.29 bits per heavy atom. The minimum absolute atomic E-state index is 0. The van der Waals surface area contributed by atoms with Gasteiger partial charge in [-0.15, -0.1) is 0 Å². The molecule has 1 aromatic rings. The van der Waals surface area contributed by atoms with Crippen LogP contribution < -0.4 is 0 Å². The van der Waals surface area contributed by atoms with Gasteiger partial charge in [0.2, 0.25) is 0 Å². The topological polar surface area (TPSA) is 12.9 Å². The fourth-order valence-electron chi connectivity index (χ4n) is 0.253. The maximum absolute atomic E-state index is 3.88. The number of hydrogen-bond acceptors (Lipinski definition) is 1. The Kier molecular flexibility index (Phi) is 4.18. The molecule has 1 heterocycles. The third-order valence-electron chi connectivity index (χ3n) is 0.483. The molecule has 0 amide bonds. The quantitative estimate of drug-likeness (QED) is 0.488. The van der Waals surface area contributed by atoms with E-state index in [4.69, 9.17) is 0 Å². The monoisotopic (exact) mass is 131 g/mol. The van der Waals surface area contributed by atoms with Crippen LogP contribution in [0, 0.1) is 0 Å². The molecule has 0 aromatic carbocycles. The van der Waals surface area contributed by atoms with E-state index in [1.54, 1.807) is 6.20 Å². The first-order valence-electron chi connectivity index (χ1n) is 1.72. The van der Waals surface area contributed by atoms with Gasteiger partial charge in [-0.1, -0.05) is 6.07 Å². The Morgan fingerprint density at radius 2 is 2.14 bits per heavy atom. The lowest BCUT2D eigenvalue weighted by atomic mass is 10.7. The van der Waals surface area contributed by atoms with Crippen LogP contribution in [0.3, 0.4) is 0 Å². The van der Waals surface area contributed by atoms with Gasteiger partial charge in [0.1, 0.15) is 0 Å². The van der Waals surface area contributed by atoms with Crippen molar-refractivity contribution >= 4 is 18.3 Å². The first-order valence-corrected chi connectivity index (χ1v) is 2.63. The number of hydrogen-bond donors (Lipinski definition) is 0. The van der Waals surface area contributed by atoms with Gasteiger partial charge in [0.25, 0.3) is 0 Å².